The molecule has 1 aromatic rings. The molecule has 0 fully saturated rings. The van der Waals surface area contributed by atoms with Gasteiger partial charge in [0.05, 0.1) is 4.92 Å². The second kappa shape index (κ2) is 6.51. The van der Waals surface area contributed by atoms with Gasteiger partial charge in [0, 0.05) is 26.2 Å². The van der Waals surface area contributed by atoms with Gasteiger partial charge in [-0.1, -0.05) is 13.8 Å². The highest BCUT2D eigenvalue weighted by Gasteiger charge is 2.22. The van der Waals surface area contributed by atoms with Crippen molar-refractivity contribution in [1.29, 1.82) is 0 Å². The maximum Gasteiger partial charge on any atom is 0.311 e. The second-order valence-electron chi connectivity index (χ2n) is 5.83. The molecule has 0 saturated heterocycles. The van der Waals surface area contributed by atoms with Gasteiger partial charge in [-0.2, -0.15) is 0 Å². The summed E-state index contributed by atoms with van der Waals surface area (Å²) in [5, 5.41) is 17.0. The molecule has 7 heteroatoms. The van der Waals surface area contributed by atoms with Crippen LogP contribution in [0.1, 0.15) is 13.8 Å². The summed E-state index contributed by atoms with van der Waals surface area (Å²) >= 11 is 0. The summed E-state index contributed by atoms with van der Waals surface area (Å²) in [4.78, 5) is 16.9. The van der Waals surface area contributed by atoms with Crippen molar-refractivity contribution in [3.8, 4) is 0 Å². The van der Waals surface area contributed by atoms with Crippen molar-refractivity contribution in [2.24, 2.45) is 5.41 Å². The third kappa shape index (κ3) is 4.65. The molecule has 0 aliphatic heterocycles. The Kier molecular flexibility index (Phi) is 5.26. The number of nitrogens with zero attached hydrogens (tertiary/aromatic N) is 3. The molecule has 0 atom stereocenters. The maximum absolute atomic E-state index is 11.0. The fourth-order valence-corrected chi connectivity index (χ4v) is 2.10. The summed E-state index contributed by atoms with van der Waals surface area (Å²) in [6, 6.07) is 3.05. The van der Waals surface area contributed by atoms with Crippen molar-refractivity contribution in [3.63, 3.8) is 0 Å². The van der Waals surface area contributed by atoms with E-state index in [0.29, 0.717) is 18.2 Å². The predicted molar refractivity (Wildman–Crippen MR) is 81.3 cm³/mol. The van der Waals surface area contributed by atoms with E-state index in [1.165, 1.54) is 6.07 Å². The lowest BCUT2D eigenvalue weighted by Gasteiger charge is -2.28. The Morgan fingerprint density at radius 1 is 1.40 bits per heavy atom. The first-order valence-corrected chi connectivity index (χ1v) is 6.47. The van der Waals surface area contributed by atoms with Gasteiger partial charge < -0.3 is 15.5 Å². The smallest absolute Gasteiger partial charge is 0.311 e. The van der Waals surface area contributed by atoms with Crippen LogP contribution in [0.3, 0.4) is 0 Å². The highest BCUT2D eigenvalue weighted by molar-refractivity contribution is 5.60. The lowest BCUT2D eigenvalue weighted by Crippen LogP contribution is -2.34. The highest BCUT2D eigenvalue weighted by Crippen LogP contribution is 2.25. The molecule has 0 aliphatic carbocycles. The van der Waals surface area contributed by atoms with E-state index in [2.05, 4.69) is 34.4 Å². The minimum atomic E-state index is -0.423. The third-order valence-corrected chi connectivity index (χ3v) is 2.81. The average molecular weight is 281 g/mol. The summed E-state index contributed by atoms with van der Waals surface area (Å²) in [5.74, 6) is 0.900. The zero-order chi connectivity index (χ0) is 15.3. The summed E-state index contributed by atoms with van der Waals surface area (Å²) in [6.45, 7) is 5.69. The van der Waals surface area contributed by atoms with Gasteiger partial charge in [0.25, 0.3) is 0 Å². The van der Waals surface area contributed by atoms with Crippen molar-refractivity contribution >= 4 is 17.3 Å². The Hall–Kier alpha value is -1.89. The molecule has 0 saturated carbocycles. The van der Waals surface area contributed by atoms with Crippen molar-refractivity contribution in [3.05, 3.63) is 22.2 Å². The van der Waals surface area contributed by atoms with Crippen LogP contribution >= 0.6 is 0 Å². The molecule has 0 bridgehead atoms. The van der Waals surface area contributed by atoms with Gasteiger partial charge in [-0.3, -0.25) is 10.1 Å². The van der Waals surface area contributed by atoms with E-state index in [1.807, 2.05) is 14.1 Å². The molecule has 0 amide bonds. The van der Waals surface area contributed by atoms with E-state index >= 15 is 0 Å². The number of nitro groups is 1. The molecule has 0 aromatic carbocycles. The van der Waals surface area contributed by atoms with Gasteiger partial charge in [0.15, 0.2) is 0 Å². The predicted octanol–water partition coefficient (Wildman–Crippen LogP) is 2.03. The summed E-state index contributed by atoms with van der Waals surface area (Å²) in [6.07, 6.45) is 0. The Morgan fingerprint density at radius 2 is 2.05 bits per heavy atom. The Labute approximate surface area is 119 Å². The van der Waals surface area contributed by atoms with E-state index < -0.39 is 4.92 Å². The molecule has 1 aromatic heterocycles. The number of anilines is 2. The molecule has 1 rings (SSSR count). The normalized spacial score (nSPS) is 11.5. The number of aromatic nitrogens is 1. The largest absolute Gasteiger partial charge is 0.373 e. The molecule has 0 aliphatic rings. The van der Waals surface area contributed by atoms with E-state index in [9.17, 15) is 10.1 Å². The first-order valence-electron chi connectivity index (χ1n) is 6.47. The van der Waals surface area contributed by atoms with Crippen molar-refractivity contribution in [1.82, 2.24) is 9.88 Å². The van der Waals surface area contributed by atoms with Gasteiger partial charge in [0.1, 0.15) is 5.82 Å². The molecule has 1 heterocycles. The van der Waals surface area contributed by atoms with Crippen LogP contribution in [0.15, 0.2) is 12.1 Å². The first-order chi connectivity index (χ1) is 9.25. The van der Waals surface area contributed by atoms with Crippen LogP contribution in [-0.4, -0.2) is 49.0 Å². The van der Waals surface area contributed by atoms with Crippen LogP contribution in [0.2, 0.25) is 0 Å². The highest BCUT2D eigenvalue weighted by atomic mass is 16.6. The molecular weight excluding hydrogens is 258 g/mol. The molecule has 2 N–H and O–H groups in total. The third-order valence-electron chi connectivity index (χ3n) is 2.81. The molecule has 7 nitrogen and oxygen atoms in total. The Balaban J connectivity index is 2.87. The topological polar surface area (TPSA) is 83.3 Å². The van der Waals surface area contributed by atoms with E-state index in [0.717, 1.165) is 6.54 Å². The zero-order valence-electron chi connectivity index (χ0n) is 12.7. The summed E-state index contributed by atoms with van der Waals surface area (Å²) in [7, 11) is 5.74. The van der Waals surface area contributed by atoms with Gasteiger partial charge in [0.2, 0.25) is 5.82 Å². The van der Waals surface area contributed by atoms with Crippen LogP contribution in [0.4, 0.5) is 17.3 Å². The van der Waals surface area contributed by atoms with E-state index in [-0.39, 0.29) is 11.1 Å². The minimum absolute atomic E-state index is 0.00958. The van der Waals surface area contributed by atoms with Crippen LogP contribution in [-0.2, 0) is 0 Å². The number of hydrogen-bond donors (Lipinski definition) is 2. The SMILES string of the molecule is CNc1ccc([N+](=O)[O-])c(NCC(C)(C)CN(C)C)n1. The van der Waals surface area contributed by atoms with Crippen LogP contribution < -0.4 is 10.6 Å². The van der Waals surface area contributed by atoms with Crippen LogP contribution in [0.25, 0.3) is 0 Å². The lowest BCUT2D eigenvalue weighted by atomic mass is 9.93. The fourth-order valence-electron chi connectivity index (χ4n) is 2.10. The fraction of sp³-hybridized carbons (Fsp3) is 0.615. The molecule has 0 radical (unpaired) electrons. The standard InChI is InChI=1S/C13H23N5O2/c1-13(2,9-17(4)5)8-15-12-10(18(19)20)6-7-11(14-3)16-12/h6-7H,8-9H2,1-5H3,(H2,14,15,16). The quantitative estimate of drug-likeness (QED) is 0.588. The van der Waals surface area contributed by atoms with Crippen molar-refractivity contribution in [2.75, 3.05) is 44.9 Å². The number of rotatable bonds is 7. The summed E-state index contributed by atoms with van der Waals surface area (Å²) < 4.78 is 0. The molecule has 0 spiro atoms. The van der Waals surface area contributed by atoms with E-state index in [1.54, 1.807) is 13.1 Å². The van der Waals surface area contributed by atoms with E-state index in [4.69, 9.17) is 0 Å². The molecular formula is C13H23N5O2. The average Bonchev–Trinajstić information content (AvgIpc) is 2.34. The number of hydrogen-bond acceptors (Lipinski definition) is 6. The number of pyridine rings is 1. The Morgan fingerprint density at radius 3 is 2.55 bits per heavy atom. The van der Waals surface area contributed by atoms with Gasteiger partial charge in [-0.05, 0) is 25.6 Å². The van der Waals surface area contributed by atoms with Crippen molar-refractivity contribution in [2.45, 2.75) is 13.8 Å². The van der Waals surface area contributed by atoms with Gasteiger partial charge in [-0.25, -0.2) is 4.98 Å². The number of nitrogens with one attached hydrogen (secondary N) is 2. The van der Waals surface area contributed by atoms with Crippen LogP contribution in [0, 0.1) is 15.5 Å². The van der Waals surface area contributed by atoms with Crippen molar-refractivity contribution < 1.29 is 4.92 Å². The minimum Gasteiger partial charge on any atom is -0.373 e. The second-order valence-corrected chi connectivity index (χ2v) is 5.83. The maximum atomic E-state index is 11.0. The summed E-state index contributed by atoms with van der Waals surface area (Å²) in [5.41, 5.74) is -0.0287. The monoisotopic (exact) mass is 281 g/mol. The van der Waals surface area contributed by atoms with Crippen LogP contribution in [0.5, 0.6) is 0 Å². The lowest BCUT2D eigenvalue weighted by molar-refractivity contribution is -0.384. The first kappa shape index (κ1) is 16.2. The zero-order valence-corrected chi connectivity index (χ0v) is 12.7. The van der Waals surface area contributed by atoms with Gasteiger partial charge in [-0.15, -0.1) is 0 Å². The van der Waals surface area contributed by atoms with Gasteiger partial charge >= 0.3 is 5.69 Å². The molecule has 20 heavy (non-hydrogen) atoms. The molecule has 0 unspecified atom stereocenters. The molecule has 112 valence electrons. The Bertz CT molecular complexity index is 474.